The van der Waals surface area contributed by atoms with Crippen molar-refractivity contribution in [3.05, 3.63) is 0 Å². The molecule has 1 aliphatic rings. The van der Waals surface area contributed by atoms with Gasteiger partial charge in [0.05, 0.1) is 12.1 Å². The normalized spacial score (nSPS) is 27.4. The number of halogens is 6. The van der Waals surface area contributed by atoms with E-state index in [2.05, 4.69) is 0 Å². The maximum atomic E-state index is 12.3. The molecule has 1 fully saturated rings. The molecule has 0 spiro atoms. The van der Waals surface area contributed by atoms with Crippen LogP contribution in [0.4, 0.5) is 26.3 Å². The number of amides is 1. The quantitative estimate of drug-likeness (QED) is 0.771. The summed E-state index contributed by atoms with van der Waals surface area (Å²) in [6.45, 7) is 1.82. The first kappa shape index (κ1) is 17.0. The van der Waals surface area contributed by atoms with Crippen LogP contribution in [0.2, 0.25) is 0 Å². The fourth-order valence-corrected chi connectivity index (χ4v) is 1.96. The molecule has 10 heteroatoms. The molecular weight excluding hydrogens is 294 g/mol. The highest BCUT2D eigenvalue weighted by molar-refractivity contribution is 5.80. The summed E-state index contributed by atoms with van der Waals surface area (Å²) in [6, 6.07) is -1.77. The van der Waals surface area contributed by atoms with Crippen molar-refractivity contribution in [1.29, 1.82) is 0 Å². The summed E-state index contributed by atoms with van der Waals surface area (Å²) in [5.74, 6) is -6.22. The van der Waals surface area contributed by atoms with Crippen LogP contribution in [0.3, 0.4) is 0 Å². The van der Waals surface area contributed by atoms with E-state index in [0.29, 0.717) is 0 Å². The highest BCUT2D eigenvalue weighted by Gasteiger charge is 2.61. The van der Waals surface area contributed by atoms with Crippen LogP contribution in [0.15, 0.2) is 0 Å². The Morgan fingerprint density at radius 1 is 1.30 bits per heavy atom. The van der Waals surface area contributed by atoms with Crippen molar-refractivity contribution in [3.63, 3.8) is 0 Å². The highest BCUT2D eigenvalue weighted by Crippen LogP contribution is 2.39. The zero-order chi connectivity index (χ0) is 15.7. The Balaban J connectivity index is 2.77. The predicted molar refractivity (Wildman–Crippen MR) is 55.5 cm³/mol. The average Bonchev–Trinajstić information content (AvgIpc) is 2.21. The molecule has 1 saturated carbocycles. The summed E-state index contributed by atoms with van der Waals surface area (Å²) in [6.07, 6.45) is -11.8. The molecule has 0 radical (unpaired) electrons. The van der Waals surface area contributed by atoms with E-state index < -0.39 is 42.4 Å². The lowest BCUT2D eigenvalue weighted by molar-refractivity contribution is -0.274. The van der Waals surface area contributed by atoms with Gasteiger partial charge in [-0.1, -0.05) is 0 Å². The van der Waals surface area contributed by atoms with Gasteiger partial charge in [0.1, 0.15) is 0 Å². The Labute approximate surface area is 110 Å². The van der Waals surface area contributed by atoms with E-state index in [-0.39, 0.29) is 13.0 Å². The first-order chi connectivity index (χ1) is 8.98. The second-order valence-corrected chi connectivity index (χ2v) is 4.44. The third-order valence-electron chi connectivity index (χ3n) is 2.97. The molecule has 0 saturated heterocycles. The van der Waals surface area contributed by atoms with Gasteiger partial charge in [-0.3, -0.25) is 4.79 Å². The zero-order valence-corrected chi connectivity index (χ0v) is 10.4. The molecule has 1 aliphatic carbocycles. The number of carbonyl (C=O) groups excluding carboxylic acids is 1. The van der Waals surface area contributed by atoms with Gasteiger partial charge in [0, 0.05) is 12.6 Å². The lowest BCUT2D eigenvalue weighted by atomic mass is 9.83. The minimum Gasteiger partial charge on any atom is -0.376 e. The molecule has 0 aliphatic heterocycles. The van der Waals surface area contributed by atoms with Crippen molar-refractivity contribution in [2.24, 2.45) is 11.7 Å². The molecule has 3 atom stereocenters. The number of nitrogens with one attached hydrogen (secondary N) is 1. The van der Waals surface area contributed by atoms with Crippen LogP contribution in [-0.2, 0) is 9.53 Å². The van der Waals surface area contributed by atoms with Gasteiger partial charge in [0.15, 0.2) is 0 Å². The van der Waals surface area contributed by atoms with Gasteiger partial charge in [-0.2, -0.15) is 26.3 Å². The lowest BCUT2D eigenvalue weighted by Gasteiger charge is -2.43. The molecule has 0 bridgehead atoms. The minimum atomic E-state index is -5.71. The molecule has 0 aromatic heterocycles. The average molecular weight is 308 g/mol. The minimum absolute atomic E-state index is 0.214. The summed E-state index contributed by atoms with van der Waals surface area (Å²) in [5, 5.41) is 1.69. The Hall–Kier alpha value is -1.03. The first-order valence-electron chi connectivity index (χ1n) is 5.79. The Kier molecular flexibility index (Phi) is 4.90. The molecule has 3 N–H and O–H groups in total. The Morgan fingerprint density at radius 2 is 1.80 bits per heavy atom. The van der Waals surface area contributed by atoms with E-state index in [1.165, 1.54) is 0 Å². The smallest absolute Gasteiger partial charge is 0.376 e. The van der Waals surface area contributed by atoms with Crippen LogP contribution < -0.4 is 11.1 Å². The molecule has 0 aromatic carbocycles. The summed E-state index contributed by atoms with van der Waals surface area (Å²) in [7, 11) is 0. The second-order valence-electron chi connectivity index (χ2n) is 4.44. The first-order valence-corrected chi connectivity index (χ1v) is 5.79. The largest absolute Gasteiger partial charge is 0.409 e. The highest BCUT2D eigenvalue weighted by atomic mass is 19.4. The standard InChI is InChI=1S/C10H14F6N2O2/c1-2-20-5-3-4(17)6(5)18-8(19)7(9(11,12)13)10(14,15)16/h4-7H,2-3,17H2,1H3,(H,18,19). The number of hydrogen-bond donors (Lipinski definition) is 2. The van der Waals surface area contributed by atoms with Crippen LogP contribution >= 0.6 is 0 Å². The van der Waals surface area contributed by atoms with Crippen LogP contribution in [0.25, 0.3) is 0 Å². The summed E-state index contributed by atoms with van der Waals surface area (Å²) in [5.41, 5.74) is 5.45. The number of ether oxygens (including phenoxy) is 1. The van der Waals surface area contributed by atoms with Crippen molar-refractivity contribution < 1.29 is 35.9 Å². The van der Waals surface area contributed by atoms with Gasteiger partial charge in [-0.25, -0.2) is 0 Å². The monoisotopic (exact) mass is 308 g/mol. The van der Waals surface area contributed by atoms with E-state index in [4.69, 9.17) is 10.5 Å². The predicted octanol–water partition coefficient (Wildman–Crippen LogP) is 1.35. The van der Waals surface area contributed by atoms with Crippen molar-refractivity contribution in [1.82, 2.24) is 5.32 Å². The van der Waals surface area contributed by atoms with Crippen molar-refractivity contribution in [2.75, 3.05) is 6.61 Å². The van der Waals surface area contributed by atoms with Crippen molar-refractivity contribution in [2.45, 2.75) is 43.9 Å². The third kappa shape index (κ3) is 3.75. The fraction of sp³-hybridized carbons (Fsp3) is 0.900. The maximum absolute atomic E-state index is 12.3. The number of hydrogen-bond acceptors (Lipinski definition) is 3. The number of rotatable bonds is 4. The van der Waals surface area contributed by atoms with Crippen molar-refractivity contribution in [3.8, 4) is 0 Å². The molecular formula is C10H14F6N2O2. The Bertz CT molecular complexity index is 341. The SMILES string of the molecule is CCOC1CC(N)C1NC(=O)C(C(F)(F)F)C(F)(F)F. The molecule has 1 rings (SSSR count). The van der Waals surface area contributed by atoms with Crippen molar-refractivity contribution >= 4 is 5.91 Å². The molecule has 20 heavy (non-hydrogen) atoms. The van der Waals surface area contributed by atoms with Crippen LogP contribution in [0.5, 0.6) is 0 Å². The maximum Gasteiger partial charge on any atom is 0.409 e. The van der Waals surface area contributed by atoms with Gasteiger partial charge in [0.25, 0.3) is 0 Å². The summed E-state index contributed by atoms with van der Waals surface area (Å²) in [4.78, 5) is 11.3. The van der Waals surface area contributed by atoms with E-state index in [9.17, 15) is 31.1 Å². The molecule has 0 aromatic rings. The van der Waals surface area contributed by atoms with E-state index in [1.54, 1.807) is 12.2 Å². The molecule has 4 nitrogen and oxygen atoms in total. The molecule has 3 unspecified atom stereocenters. The van der Waals surface area contributed by atoms with Gasteiger partial charge in [-0.15, -0.1) is 0 Å². The van der Waals surface area contributed by atoms with Gasteiger partial charge >= 0.3 is 12.4 Å². The Morgan fingerprint density at radius 3 is 2.15 bits per heavy atom. The zero-order valence-electron chi connectivity index (χ0n) is 10.4. The van der Waals surface area contributed by atoms with Gasteiger partial charge < -0.3 is 15.8 Å². The fourth-order valence-electron chi connectivity index (χ4n) is 1.96. The second kappa shape index (κ2) is 5.76. The van der Waals surface area contributed by atoms with Gasteiger partial charge in [-0.05, 0) is 13.3 Å². The van der Waals surface area contributed by atoms with E-state index >= 15 is 0 Å². The molecule has 118 valence electrons. The van der Waals surface area contributed by atoms with Crippen LogP contribution in [0.1, 0.15) is 13.3 Å². The number of nitrogens with two attached hydrogens (primary N) is 1. The topological polar surface area (TPSA) is 64.3 Å². The number of carbonyl (C=O) groups is 1. The van der Waals surface area contributed by atoms with E-state index in [0.717, 1.165) is 0 Å². The van der Waals surface area contributed by atoms with Gasteiger partial charge in [0.2, 0.25) is 11.8 Å². The lowest BCUT2D eigenvalue weighted by Crippen LogP contribution is -2.66. The van der Waals surface area contributed by atoms with Crippen LogP contribution in [-0.4, -0.2) is 43.1 Å². The van der Waals surface area contributed by atoms with E-state index in [1.807, 2.05) is 0 Å². The number of alkyl halides is 6. The summed E-state index contributed by atoms with van der Waals surface area (Å²) >= 11 is 0. The summed E-state index contributed by atoms with van der Waals surface area (Å²) < 4.78 is 79.1. The molecule has 1 amide bonds. The third-order valence-corrected chi connectivity index (χ3v) is 2.97. The van der Waals surface area contributed by atoms with Crippen LogP contribution in [0, 0.1) is 5.92 Å². The molecule has 0 heterocycles.